The first-order valence-electron chi connectivity index (χ1n) is 7.85. The summed E-state index contributed by atoms with van der Waals surface area (Å²) >= 11 is 1.88. The lowest BCUT2D eigenvalue weighted by Crippen LogP contribution is -2.29. The second-order valence-electron chi connectivity index (χ2n) is 5.37. The number of nitrogens with one attached hydrogen (secondary N) is 2. The second kappa shape index (κ2) is 9.82. The van der Waals surface area contributed by atoms with Crippen LogP contribution in [0.15, 0.2) is 42.6 Å². The van der Waals surface area contributed by atoms with E-state index in [0.29, 0.717) is 18.1 Å². The Labute approximate surface area is 147 Å². The fourth-order valence-electron chi connectivity index (χ4n) is 2.12. The predicted molar refractivity (Wildman–Crippen MR) is 99.8 cm³/mol. The van der Waals surface area contributed by atoms with Crippen LogP contribution in [-0.2, 0) is 5.75 Å². The van der Waals surface area contributed by atoms with E-state index in [1.807, 2.05) is 11.8 Å². The van der Waals surface area contributed by atoms with Gasteiger partial charge in [-0.3, -0.25) is 0 Å². The summed E-state index contributed by atoms with van der Waals surface area (Å²) in [4.78, 5) is 15.8. The van der Waals surface area contributed by atoms with Crippen molar-refractivity contribution in [2.75, 3.05) is 24.7 Å². The van der Waals surface area contributed by atoms with E-state index in [1.165, 1.54) is 11.1 Å². The molecule has 1 aromatic carbocycles. The van der Waals surface area contributed by atoms with Crippen molar-refractivity contribution < 1.29 is 9.53 Å². The fourth-order valence-corrected chi connectivity index (χ4v) is 3.03. The zero-order chi connectivity index (χ0) is 17.2. The molecule has 24 heavy (non-hydrogen) atoms. The molecule has 0 aliphatic carbocycles. The predicted octanol–water partition coefficient (Wildman–Crippen LogP) is 3.84. The first-order valence-corrected chi connectivity index (χ1v) is 9.01. The Hall–Kier alpha value is -2.21. The van der Waals surface area contributed by atoms with Crippen molar-refractivity contribution in [1.82, 2.24) is 10.3 Å². The summed E-state index contributed by atoms with van der Waals surface area (Å²) in [6.45, 7) is 2.76. The van der Waals surface area contributed by atoms with Gasteiger partial charge in [0.2, 0.25) is 5.88 Å². The monoisotopic (exact) mass is 345 g/mol. The van der Waals surface area contributed by atoms with Gasteiger partial charge in [-0.25, -0.2) is 9.78 Å². The lowest BCUT2D eigenvalue weighted by molar-refractivity contribution is 0.252. The molecule has 0 atom stereocenters. The van der Waals surface area contributed by atoms with Crippen molar-refractivity contribution in [3.05, 3.63) is 53.7 Å². The number of ether oxygens (including phenoxy) is 1. The molecule has 0 aliphatic rings. The molecule has 0 fully saturated rings. The molecule has 2 amide bonds. The molecule has 1 heterocycles. The van der Waals surface area contributed by atoms with Crippen LogP contribution < -0.4 is 15.4 Å². The molecule has 0 saturated carbocycles. The summed E-state index contributed by atoms with van der Waals surface area (Å²) < 4.78 is 4.97. The standard InChI is InChI=1S/C18H23N3O2S/c1-14-5-3-6-15(11-14)13-24-10-4-9-19-18(22)21-16-7-8-17(23-2)20-12-16/h3,5-8,11-12H,4,9-10,13H2,1-2H3,(H2,19,21,22). The highest BCUT2D eigenvalue weighted by molar-refractivity contribution is 7.98. The molecule has 0 aliphatic heterocycles. The number of amides is 2. The number of carbonyl (C=O) groups excluding carboxylic acids is 1. The normalized spacial score (nSPS) is 10.2. The van der Waals surface area contributed by atoms with Crippen molar-refractivity contribution in [2.45, 2.75) is 19.1 Å². The first-order chi connectivity index (χ1) is 11.7. The molecule has 2 rings (SSSR count). The number of pyridine rings is 1. The number of thioether (sulfide) groups is 1. The number of aryl methyl sites for hydroxylation is 1. The number of hydrogen-bond acceptors (Lipinski definition) is 4. The molecule has 6 heteroatoms. The fraction of sp³-hybridized carbons (Fsp3) is 0.333. The van der Waals surface area contributed by atoms with Crippen LogP contribution in [-0.4, -0.2) is 30.4 Å². The van der Waals surface area contributed by atoms with Gasteiger partial charge in [-0.05, 0) is 30.7 Å². The molecule has 0 spiro atoms. The Morgan fingerprint density at radius 3 is 2.88 bits per heavy atom. The van der Waals surface area contributed by atoms with E-state index in [2.05, 4.69) is 46.8 Å². The highest BCUT2D eigenvalue weighted by Crippen LogP contribution is 2.14. The minimum atomic E-state index is -0.217. The zero-order valence-electron chi connectivity index (χ0n) is 14.0. The number of anilines is 1. The van der Waals surface area contributed by atoms with E-state index in [9.17, 15) is 4.79 Å². The lowest BCUT2D eigenvalue weighted by atomic mass is 10.2. The van der Waals surface area contributed by atoms with Gasteiger partial charge in [0.25, 0.3) is 0 Å². The maximum Gasteiger partial charge on any atom is 0.319 e. The number of rotatable bonds is 8. The van der Waals surface area contributed by atoms with Crippen molar-refractivity contribution >= 4 is 23.5 Å². The Kier molecular flexibility index (Phi) is 7.42. The molecule has 128 valence electrons. The van der Waals surface area contributed by atoms with Crippen LogP contribution >= 0.6 is 11.8 Å². The smallest absolute Gasteiger partial charge is 0.319 e. The Morgan fingerprint density at radius 1 is 1.29 bits per heavy atom. The van der Waals surface area contributed by atoms with Crippen LogP contribution in [0.25, 0.3) is 0 Å². The van der Waals surface area contributed by atoms with Crippen LogP contribution in [0.3, 0.4) is 0 Å². The SMILES string of the molecule is COc1ccc(NC(=O)NCCCSCc2cccc(C)c2)cn1. The van der Waals surface area contributed by atoms with Crippen LogP contribution in [0.1, 0.15) is 17.5 Å². The van der Waals surface area contributed by atoms with Gasteiger partial charge in [-0.1, -0.05) is 29.8 Å². The second-order valence-corrected chi connectivity index (χ2v) is 6.47. The van der Waals surface area contributed by atoms with Crippen molar-refractivity contribution in [2.24, 2.45) is 0 Å². The summed E-state index contributed by atoms with van der Waals surface area (Å²) in [5.41, 5.74) is 3.28. The largest absolute Gasteiger partial charge is 0.481 e. The van der Waals surface area contributed by atoms with Gasteiger partial charge in [0.15, 0.2) is 0 Å². The number of urea groups is 1. The number of benzene rings is 1. The minimum Gasteiger partial charge on any atom is -0.481 e. The maximum atomic E-state index is 11.8. The van der Waals surface area contributed by atoms with Crippen molar-refractivity contribution in [1.29, 1.82) is 0 Å². The highest BCUT2D eigenvalue weighted by Gasteiger charge is 2.02. The minimum absolute atomic E-state index is 0.217. The van der Waals surface area contributed by atoms with Crippen molar-refractivity contribution in [3.8, 4) is 5.88 Å². The van der Waals surface area contributed by atoms with Gasteiger partial charge in [0.1, 0.15) is 0 Å². The molecule has 0 saturated heterocycles. The van der Waals surface area contributed by atoms with Crippen LogP contribution in [0, 0.1) is 6.92 Å². The molecule has 2 N–H and O–H groups in total. The molecule has 5 nitrogen and oxygen atoms in total. The number of methoxy groups -OCH3 is 1. The van der Waals surface area contributed by atoms with E-state index in [-0.39, 0.29) is 6.03 Å². The third-order valence-electron chi connectivity index (χ3n) is 3.31. The number of aromatic nitrogens is 1. The molecule has 0 bridgehead atoms. The van der Waals surface area contributed by atoms with Crippen LogP contribution in [0.4, 0.5) is 10.5 Å². The molecule has 0 radical (unpaired) electrons. The Bertz CT molecular complexity index is 647. The average molecular weight is 345 g/mol. The van der Waals surface area contributed by atoms with E-state index >= 15 is 0 Å². The van der Waals surface area contributed by atoms with E-state index in [1.54, 1.807) is 25.4 Å². The van der Waals surface area contributed by atoms with Gasteiger partial charge in [-0.15, -0.1) is 0 Å². The Balaban J connectivity index is 1.57. The van der Waals surface area contributed by atoms with E-state index in [0.717, 1.165) is 17.9 Å². The van der Waals surface area contributed by atoms with E-state index < -0.39 is 0 Å². The highest BCUT2D eigenvalue weighted by atomic mass is 32.2. The molecule has 1 aromatic heterocycles. The summed E-state index contributed by atoms with van der Waals surface area (Å²) in [5, 5.41) is 5.59. The number of hydrogen-bond donors (Lipinski definition) is 2. The molecular weight excluding hydrogens is 322 g/mol. The van der Waals surface area contributed by atoms with Gasteiger partial charge in [0.05, 0.1) is 19.0 Å². The average Bonchev–Trinajstić information content (AvgIpc) is 2.59. The third-order valence-corrected chi connectivity index (χ3v) is 4.42. The summed E-state index contributed by atoms with van der Waals surface area (Å²) in [6, 6.07) is 11.8. The molecule has 2 aromatic rings. The van der Waals surface area contributed by atoms with Gasteiger partial charge in [-0.2, -0.15) is 11.8 Å². The van der Waals surface area contributed by atoms with Gasteiger partial charge < -0.3 is 15.4 Å². The van der Waals surface area contributed by atoms with E-state index in [4.69, 9.17) is 4.74 Å². The summed E-state index contributed by atoms with van der Waals surface area (Å²) in [6.07, 6.45) is 2.50. The van der Waals surface area contributed by atoms with Crippen LogP contribution in [0.2, 0.25) is 0 Å². The number of nitrogens with zero attached hydrogens (tertiary/aromatic N) is 1. The Morgan fingerprint density at radius 2 is 2.17 bits per heavy atom. The summed E-state index contributed by atoms with van der Waals surface area (Å²) in [7, 11) is 1.55. The van der Waals surface area contributed by atoms with Crippen LogP contribution in [0.5, 0.6) is 5.88 Å². The van der Waals surface area contributed by atoms with Gasteiger partial charge >= 0.3 is 6.03 Å². The number of carbonyl (C=O) groups is 1. The zero-order valence-corrected chi connectivity index (χ0v) is 14.9. The topological polar surface area (TPSA) is 63.2 Å². The van der Waals surface area contributed by atoms with Gasteiger partial charge in [0, 0.05) is 18.4 Å². The quantitative estimate of drug-likeness (QED) is 0.714. The van der Waals surface area contributed by atoms with Crippen molar-refractivity contribution in [3.63, 3.8) is 0 Å². The lowest BCUT2D eigenvalue weighted by Gasteiger charge is -2.08. The first kappa shape index (κ1) is 18.1. The molecule has 0 unspecified atom stereocenters. The third kappa shape index (κ3) is 6.50. The maximum absolute atomic E-state index is 11.8. The summed E-state index contributed by atoms with van der Waals surface area (Å²) in [5.74, 6) is 2.54. The molecular formula is C18H23N3O2S.